The van der Waals surface area contributed by atoms with Gasteiger partial charge in [-0.15, -0.1) is 0 Å². The number of carbonyl (C=O) groups is 1. The van der Waals surface area contributed by atoms with E-state index in [-0.39, 0.29) is 22.5 Å². The standard InChI is InChI=1S/C24H28N2O6S/c1-30-20-5-2-3-6-22(20)33(28,29)26-16-11-19-18(13-23(27)24(19)7-4-8-24)21(12-16)32-15-17-14-31-10-9-25-17/h2-3,5-6,11-12,17,25-26H,4,7-10,13-15H2,1H3. The van der Waals surface area contributed by atoms with E-state index in [1.807, 2.05) is 0 Å². The van der Waals surface area contributed by atoms with Gasteiger partial charge in [0.2, 0.25) is 0 Å². The summed E-state index contributed by atoms with van der Waals surface area (Å²) < 4.78 is 45.9. The SMILES string of the molecule is COc1ccccc1S(=O)(=O)Nc1cc(OCC2COCCN2)c2c(c1)C1(CCC1)C(=O)C2. The Bertz CT molecular complexity index is 1170. The summed E-state index contributed by atoms with van der Waals surface area (Å²) in [5.74, 6) is 1.00. The van der Waals surface area contributed by atoms with Crippen molar-refractivity contribution in [1.82, 2.24) is 5.32 Å². The number of morpholine rings is 1. The van der Waals surface area contributed by atoms with Crippen LogP contribution in [0.25, 0.3) is 0 Å². The molecule has 0 bridgehead atoms. The minimum atomic E-state index is -3.91. The summed E-state index contributed by atoms with van der Waals surface area (Å²) >= 11 is 0. The van der Waals surface area contributed by atoms with Crippen LogP contribution in [-0.4, -0.2) is 53.7 Å². The van der Waals surface area contributed by atoms with E-state index in [2.05, 4.69) is 10.0 Å². The van der Waals surface area contributed by atoms with Crippen LogP contribution in [0.2, 0.25) is 0 Å². The molecule has 176 valence electrons. The highest BCUT2D eigenvalue weighted by Gasteiger charge is 2.51. The first kappa shape index (κ1) is 22.2. The maximum Gasteiger partial charge on any atom is 0.265 e. The van der Waals surface area contributed by atoms with Gasteiger partial charge >= 0.3 is 0 Å². The van der Waals surface area contributed by atoms with E-state index in [0.29, 0.717) is 37.7 Å². The van der Waals surface area contributed by atoms with Crippen LogP contribution < -0.4 is 19.5 Å². The molecule has 9 heteroatoms. The van der Waals surface area contributed by atoms with Crippen molar-refractivity contribution < 1.29 is 27.4 Å². The molecule has 1 aliphatic heterocycles. The van der Waals surface area contributed by atoms with E-state index >= 15 is 0 Å². The number of fused-ring (bicyclic) bond motifs is 2. The van der Waals surface area contributed by atoms with Crippen LogP contribution in [-0.2, 0) is 31.4 Å². The second-order valence-corrected chi connectivity index (χ2v) is 10.5. The molecule has 1 saturated heterocycles. The fraction of sp³-hybridized carbons (Fsp3) is 0.458. The molecule has 1 heterocycles. The average Bonchev–Trinajstić information content (AvgIpc) is 3.10. The summed E-state index contributed by atoms with van der Waals surface area (Å²) in [7, 11) is -2.48. The number of benzene rings is 2. The van der Waals surface area contributed by atoms with Crippen molar-refractivity contribution in [2.45, 2.75) is 42.0 Å². The van der Waals surface area contributed by atoms with Gasteiger partial charge in [-0.3, -0.25) is 9.52 Å². The predicted molar refractivity (Wildman–Crippen MR) is 123 cm³/mol. The largest absolute Gasteiger partial charge is 0.495 e. The quantitative estimate of drug-likeness (QED) is 0.638. The van der Waals surface area contributed by atoms with Crippen LogP contribution in [0, 0.1) is 0 Å². The molecule has 1 spiro atoms. The first-order valence-electron chi connectivity index (χ1n) is 11.2. The van der Waals surface area contributed by atoms with E-state index in [4.69, 9.17) is 14.2 Å². The molecule has 1 unspecified atom stereocenters. The maximum absolute atomic E-state index is 13.2. The molecule has 2 fully saturated rings. The summed E-state index contributed by atoms with van der Waals surface area (Å²) in [4.78, 5) is 13.0. The van der Waals surface area contributed by atoms with Crippen LogP contribution in [0.1, 0.15) is 30.4 Å². The molecule has 3 aliphatic rings. The van der Waals surface area contributed by atoms with Crippen LogP contribution in [0.3, 0.4) is 0 Å². The molecule has 1 saturated carbocycles. The van der Waals surface area contributed by atoms with Crippen molar-refractivity contribution in [3.05, 3.63) is 47.5 Å². The van der Waals surface area contributed by atoms with E-state index in [1.54, 1.807) is 30.3 Å². The van der Waals surface area contributed by atoms with Crippen molar-refractivity contribution in [2.24, 2.45) is 0 Å². The molecule has 2 aromatic carbocycles. The Kier molecular flexibility index (Phi) is 5.80. The van der Waals surface area contributed by atoms with Gasteiger partial charge in [-0.2, -0.15) is 0 Å². The van der Waals surface area contributed by atoms with Gasteiger partial charge in [-0.05, 0) is 36.6 Å². The third-order valence-electron chi connectivity index (χ3n) is 6.85. The molecule has 2 aromatic rings. The van der Waals surface area contributed by atoms with Gasteiger partial charge in [0.05, 0.1) is 37.5 Å². The highest BCUT2D eigenvalue weighted by atomic mass is 32.2. The number of Topliss-reactive ketones (excluding diaryl/α,β-unsaturated/α-hetero) is 1. The van der Waals surface area contributed by atoms with Crippen molar-refractivity contribution in [3.8, 4) is 11.5 Å². The van der Waals surface area contributed by atoms with Gasteiger partial charge < -0.3 is 19.5 Å². The summed E-state index contributed by atoms with van der Waals surface area (Å²) in [5.41, 5.74) is 1.63. The first-order chi connectivity index (χ1) is 15.9. The zero-order chi connectivity index (χ0) is 23.1. The lowest BCUT2D eigenvalue weighted by Gasteiger charge is -2.37. The third kappa shape index (κ3) is 3.98. The smallest absolute Gasteiger partial charge is 0.265 e. The van der Waals surface area contributed by atoms with Crippen molar-refractivity contribution in [2.75, 3.05) is 38.2 Å². The minimum absolute atomic E-state index is 0.0399. The van der Waals surface area contributed by atoms with E-state index < -0.39 is 15.4 Å². The number of hydrogen-bond acceptors (Lipinski definition) is 7. The number of carbonyl (C=O) groups excluding carboxylic acids is 1. The minimum Gasteiger partial charge on any atom is -0.495 e. The molecular formula is C24H28N2O6S. The lowest BCUT2D eigenvalue weighted by Crippen LogP contribution is -2.44. The predicted octanol–water partition coefficient (Wildman–Crippen LogP) is 2.41. The molecule has 8 nitrogen and oxygen atoms in total. The van der Waals surface area contributed by atoms with Crippen molar-refractivity contribution in [1.29, 1.82) is 0 Å². The molecular weight excluding hydrogens is 444 g/mol. The molecule has 0 radical (unpaired) electrons. The fourth-order valence-electron chi connectivity index (χ4n) is 4.97. The van der Waals surface area contributed by atoms with Gasteiger partial charge in [0, 0.05) is 24.6 Å². The average molecular weight is 473 g/mol. The summed E-state index contributed by atoms with van der Waals surface area (Å²) in [6, 6.07) is 9.99. The lowest BCUT2D eigenvalue weighted by atomic mass is 9.64. The topological polar surface area (TPSA) is 103 Å². The van der Waals surface area contributed by atoms with E-state index in [1.165, 1.54) is 13.2 Å². The third-order valence-corrected chi connectivity index (χ3v) is 8.27. The van der Waals surface area contributed by atoms with Crippen molar-refractivity contribution >= 4 is 21.5 Å². The highest BCUT2D eigenvalue weighted by Crippen LogP contribution is 2.53. The molecule has 0 aromatic heterocycles. The number of ketones is 1. The Labute approximate surface area is 193 Å². The Balaban J connectivity index is 1.49. The summed E-state index contributed by atoms with van der Waals surface area (Å²) in [5, 5.41) is 3.35. The van der Waals surface area contributed by atoms with Gasteiger partial charge in [0.1, 0.15) is 28.8 Å². The van der Waals surface area contributed by atoms with Crippen LogP contribution in [0.5, 0.6) is 11.5 Å². The monoisotopic (exact) mass is 472 g/mol. The molecule has 5 rings (SSSR count). The van der Waals surface area contributed by atoms with Gasteiger partial charge in [-0.1, -0.05) is 18.6 Å². The Morgan fingerprint density at radius 3 is 2.73 bits per heavy atom. The number of para-hydroxylation sites is 1. The second-order valence-electron chi connectivity index (χ2n) is 8.83. The van der Waals surface area contributed by atoms with E-state index in [9.17, 15) is 13.2 Å². The van der Waals surface area contributed by atoms with Gasteiger partial charge in [-0.25, -0.2) is 8.42 Å². The summed E-state index contributed by atoms with van der Waals surface area (Å²) in [6.07, 6.45) is 2.89. The lowest BCUT2D eigenvalue weighted by molar-refractivity contribution is -0.125. The molecule has 2 N–H and O–H groups in total. The zero-order valence-electron chi connectivity index (χ0n) is 18.6. The van der Waals surface area contributed by atoms with Crippen LogP contribution in [0.15, 0.2) is 41.3 Å². The van der Waals surface area contributed by atoms with Crippen molar-refractivity contribution in [3.63, 3.8) is 0 Å². The van der Waals surface area contributed by atoms with Gasteiger partial charge in [0.25, 0.3) is 10.0 Å². The highest BCUT2D eigenvalue weighted by molar-refractivity contribution is 7.92. The number of sulfonamides is 1. The second kappa shape index (κ2) is 8.62. The van der Waals surface area contributed by atoms with Gasteiger partial charge in [0.15, 0.2) is 0 Å². The number of rotatable bonds is 7. The Morgan fingerprint density at radius 1 is 1.21 bits per heavy atom. The fourth-order valence-corrected chi connectivity index (χ4v) is 6.18. The number of methoxy groups -OCH3 is 1. The molecule has 33 heavy (non-hydrogen) atoms. The first-order valence-corrected chi connectivity index (χ1v) is 12.7. The van der Waals surface area contributed by atoms with Crippen LogP contribution >= 0.6 is 0 Å². The molecule has 2 aliphatic carbocycles. The maximum atomic E-state index is 13.2. The number of nitrogens with one attached hydrogen (secondary N) is 2. The van der Waals surface area contributed by atoms with Crippen LogP contribution in [0.4, 0.5) is 5.69 Å². The number of hydrogen-bond donors (Lipinski definition) is 2. The normalized spacial score (nSPS) is 21.4. The Morgan fingerprint density at radius 2 is 2.03 bits per heavy atom. The van der Waals surface area contributed by atoms with E-state index in [0.717, 1.165) is 36.9 Å². The summed E-state index contributed by atoms with van der Waals surface area (Å²) in [6.45, 7) is 2.34. The number of anilines is 1. The molecule has 1 atom stereocenters. The Hall–Kier alpha value is -2.62. The molecule has 0 amide bonds. The number of ether oxygens (including phenoxy) is 3. The zero-order valence-corrected chi connectivity index (χ0v) is 19.4.